The Balaban J connectivity index is 2.26. The van der Waals surface area contributed by atoms with Gasteiger partial charge < -0.3 is 24.8 Å². The highest BCUT2D eigenvalue weighted by Crippen LogP contribution is 2.47. The Bertz CT molecular complexity index is 964. The van der Waals surface area contributed by atoms with E-state index in [4.69, 9.17) is 19.9 Å². The number of nitrogens with zero attached hydrogens (tertiary/aromatic N) is 2. The van der Waals surface area contributed by atoms with E-state index in [2.05, 4.69) is 22.0 Å². The molecule has 0 fully saturated rings. The lowest BCUT2D eigenvalue weighted by molar-refractivity contribution is 0.380. The monoisotopic (exact) mass is 429 g/mol. The first-order chi connectivity index (χ1) is 12.9. The van der Waals surface area contributed by atoms with Gasteiger partial charge in [0.2, 0.25) is 5.88 Å². The predicted molar refractivity (Wildman–Crippen MR) is 107 cm³/mol. The molecule has 2 aromatic carbocycles. The van der Waals surface area contributed by atoms with Crippen LogP contribution in [0.25, 0.3) is 0 Å². The first kappa shape index (κ1) is 18.9. The summed E-state index contributed by atoms with van der Waals surface area (Å²) in [6.45, 7) is 0. The minimum atomic E-state index is -0.410. The van der Waals surface area contributed by atoms with Gasteiger partial charge in [-0.1, -0.05) is 6.07 Å². The molecule has 1 atom stereocenters. The van der Waals surface area contributed by atoms with E-state index in [-0.39, 0.29) is 5.88 Å². The van der Waals surface area contributed by atoms with Crippen LogP contribution in [0.5, 0.6) is 17.2 Å². The second-order valence-corrected chi connectivity index (χ2v) is 7.12. The lowest BCUT2D eigenvalue weighted by Gasteiger charge is -2.29. The fourth-order valence-electron chi connectivity index (χ4n) is 3.15. The summed E-state index contributed by atoms with van der Waals surface area (Å²) in [6.07, 6.45) is 0. The van der Waals surface area contributed by atoms with Crippen molar-refractivity contribution in [1.82, 2.24) is 0 Å². The molecule has 7 heteroatoms. The lowest BCUT2D eigenvalue weighted by atomic mass is 9.83. The quantitative estimate of drug-likeness (QED) is 0.796. The summed E-state index contributed by atoms with van der Waals surface area (Å²) in [5, 5.41) is 9.74. The molecule has 6 nitrogen and oxygen atoms in total. The molecule has 27 heavy (non-hydrogen) atoms. The van der Waals surface area contributed by atoms with Gasteiger partial charge in [0.05, 0.1) is 24.6 Å². The molecule has 0 saturated carbocycles. The topological polar surface area (TPSA) is 80.7 Å². The molecule has 0 amide bonds. The maximum atomic E-state index is 9.74. The molecular formula is C20H20BrN3O3. The summed E-state index contributed by atoms with van der Waals surface area (Å²) in [5.41, 5.74) is 9.05. The minimum Gasteiger partial charge on any atom is -0.496 e. The largest absolute Gasteiger partial charge is 0.496 e. The van der Waals surface area contributed by atoms with E-state index in [1.807, 2.05) is 43.3 Å². The molecule has 2 N–H and O–H groups in total. The molecule has 0 aromatic heterocycles. The summed E-state index contributed by atoms with van der Waals surface area (Å²) >= 11 is 3.52. The number of hydrogen-bond donors (Lipinski definition) is 1. The van der Waals surface area contributed by atoms with Gasteiger partial charge in [-0.3, -0.25) is 0 Å². The van der Waals surface area contributed by atoms with Crippen molar-refractivity contribution >= 4 is 21.6 Å². The van der Waals surface area contributed by atoms with Crippen molar-refractivity contribution in [3.63, 3.8) is 0 Å². The normalized spacial score (nSPS) is 15.5. The molecule has 140 valence electrons. The molecule has 0 radical (unpaired) electrons. The Labute approximate surface area is 166 Å². The van der Waals surface area contributed by atoms with Crippen molar-refractivity contribution in [2.75, 3.05) is 33.2 Å². The second-order valence-electron chi connectivity index (χ2n) is 6.27. The van der Waals surface area contributed by atoms with Crippen molar-refractivity contribution in [3.8, 4) is 23.3 Å². The van der Waals surface area contributed by atoms with Gasteiger partial charge in [-0.25, -0.2) is 0 Å². The van der Waals surface area contributed by atoms with Gasteiger partial charge in [0, 0.05) is 43.0 Å². The molecule has 0 saturated heterocycles. The van der Waals surface area contributed by atoms with Crippen molar-refractivity contribution in [2.45, 2.75) is 5.92 Å². The zero-order valence-corrected chi connectivity index (χ0v) is 17.1. The highest BCUT2D eigenvalue weighted by Gasteiger charge is 2.33. The average Bonchev–Trinajstić information content (AvgIpc) is 2.66. The number of benzene rings is 2. The molecule has 1 heterocycles. The fraction of sp³-hybridized carbons (Fsp3) is 0.250. The Morgan fingerprint density at radius 3 is 2.41 bits per heavy atom. The maximum absolute atomic E-state index is 9.74. The van der Waals surface area contributed by atoms with Crippen molar-refractivity contribution in [2.24, 2.45) is 5.73 Å². The summed E-state index contributed by atoms with van der Waals surface area (Å²) in [4.78, 5) is 1.98. The number of anilines is 1. The van der Waals surface area contributed by atoms with Gasteiger partial charge in [-0.15, -0.1) is 0 Å². The van der Waals surface area contributed by atoms with E-state index in [1.54, 1.807) is 20.3 Å². The summed E-state index contributed by atoms with van der Waals surface area (Å²) < 4.78 is 17.5. The SMILES string of the molecule is COc1cc(OC)c([C@H]2C(C#N)=C(N)Oc3cc(N(C)C)ccc32)cc1Br. The van der Waals surface area contributed by atoms with Gasteiger partial charge in [-0.2, -0.15) is 5.26 Å². The van der Waals surface area contributed by atoms with Crippen LogP contribution in [-0.4, -0.2) is 28.3 Å². The number of nitriles is 1. The van der Waals surface area contributed by atoms with Gasteiger partial charge in [0.1, 0.15) is 28.9 Å². The Morgan fingerprint density at radius 2 is 1.81 bits per heavy atom. The number of fused-ring (bicyclic) bond motifs is 1. The summed E-state index contributed by atoms with van der Waals surface area (Å²) in [7, 11) is 7.07. The molecule has 3 rings (SSSR count). The number of methoxy groups -OCH3 is 2. The van der Waals surface area contributed by atoms with Crippen LogP contribution >= 0.6 is 15.9 Å². The lowest BCUT2D eigenvalue weighted by Crippen LogP contribution is -2.22. The third-order valence-corrected chi connectivity index (χ3v) is 5.15. The minimum absolute atomic E-state index is 0.0971. The van der Waals surface area contributed by atoms with Crippen LogP contribution < -0.4 is 24.8 Å². The predicted octanol–water partition coefficient (Wildman–Crippen LogP) is 3.75. The van der Waals surface area contributed by atoms with Crippen LogP contribution in [0.2, 0.25) is 0 Å². The molecule has 0 unspecified atom stereocenters. The van der Waals surface area contributed by atoms with Crippen molar-refractivity contribution in [3.05, 3.63) is 57.4 Å². The number of allylic oxidation sites excluding steroid dienone is 1. The molecule has 0 bridgehead atoms. The van der Waals surface area contributed by atoms with Crippen LogP contribution in [-0.2, 0) is 0 Å². The van der Waals surface area contributed by atoms with E-state index >= 15 is 0 Å². The number of nitrogens with two attached hydrogens (primary N) is 1. The molecule has 0 spiro atoms. The van der Waals surface area contributed by atoms with Crippen molar-refractivity contribution < 1.29 is 14.2 Å². The second kappa shape index (κ2) is 7.41. The molecule has 1 aliphatic heterocycles. The Morgan fingerprint density at radius 1 is 1.11 bits per heavy atom. The first-order valence-electron chi connectivity index (χ1n) is 8.21. The standard InChI is InChI=1S/C20H20BrN3O3/c1-24(2)11-5-6-12-17(7-11)27-20(23)14(10-22)19(12)13-8-15(21)18(26-4)9-16(13)25-3/h5-9,19H,23H2,1-4H3/t19-/m0/s1. The van der Waals surface area contributed by atoms with E-state index < -0.39 is 5.92 Å². The number of rotatable bonds is 4. The number of hydrogen-bond acceptors (Lipinski definition) is 6. The third kappa shape index (κ3) is 3.28. The Hall–Kier alpha value is -2.85. The molecular weight excluding hydrogens is 410 g/mol. The smallest absolute Gasteiger partial charge is 0.205 e. The number of ether oxygens (including phenoxy) is 3. The summed E-state index contributed by atoms with van der Waals surface area (Å²) in [6, 6.07) is 11.7. The van der Waals surface area contributed by atoms with Gasteiger partial charge in [0.15, 0.2) is 0 Å². The van der Waals surface area contributed by atoms with E-state index in [0.29, 0.717) is 22.8 Å². The van der Waals surface area contributed by atoms with Gasteiger partial charge >= 0.3 is 0 Å². The number of halogens is 1. The van der Waals surface area contributed by atoms with Crippen LogP contribution in [0.1, 0.15) is 17.0 Å². The molecule has 0 aliphatic carbocycles. The van der Waals surface area contributed by atoms with Crippen molar-refractivity contribution in [1.29, 1.82) is 5.26 Å². The highest BCUT2D eigenvalue weighted by molar-refractivity contribution is 9.10. The average molecular weight is 430 g/mol. The molecule has 1 aliphatic rings. The van der Waals surface area contributed by atoms with Crippen LogP contribution in [0.15, 0.2) is 46.3 Å². The van der Waals surface area contributed by atoms with E-state index in [9.17, 15) is 5.26 Å². The van der Waals surface area contributed by atoms with Gasteiger partial charge in [-0.05, 0) is 28.1 Å². The zero-order valence-electron chi connectivity index (χ0n) is 15.5. The van der Waals surface area contributed by atoms with Crippen LogP contribution in [0.4, 0.5) is 5.69 Å². The Kier molecular flexibility index (Phi) is 5.19. The fourth-order valence-corrected chi connectivity index (χ4v) is 3.67. The van der Waals surface area contributed by atoms with Gasteiger partial charge in [0.25, 0.3) is 0 Å². The molecule has 2 aromatic rings. The van der Waals surface area contributed by atoms with E-state index in [1.165, 1.54) is 0 Å². The van der Waals surface area contributed by atoms with Crippen LogP contribution in [0, 0.1) is 11.3 Å². The maximum Gasteiger partial charge on any atom is 0.205 e. The zero-order chi connectivity index (χ0) is 19.7. The van der Waals surface area contributed by atoms with Crippen LogP contribution in [0.3, 0.4) is 0 Å². The summed E-state index contributed by atoms with van der Waals surface area (Å²) in [5.74, 6) is 1.55. The first-order valence-corrected chi connectivity index (χ1v) is 9.00. The highest BCUT2D eigenvalue weighted by atomic mass is 79.9. The van der Waals surface area contributed by atoms with E-state index in [0.717, 1.165) is 21.3 Å². The third-order valence-electron chi connectivity index (χ3n) is 4.53.